The highest BCUT2D eigenvalue weighted by Gasteiger charge is 2.29. The van der Waals surface area contributed by atoms with Gasteiger partial charge < -0.3 is 9.42 Å². The van der Waals surface area contributed by atoms with E-state index < -0.39 is 0 Å². The van der Waals surface area contributed by atoms with E-state index in [4.69, 9.17) is 4.52 Å². The standard InChI is InChI=1S/C17H17N5O2S/c1-11-8-19-13(9-18-11)16-20-15(21-24-16)12-4-2-6-22(10-12)17(23)14-5-3-7-25-14/h3,5,7-9,12H,2,4,6,10H2,1H3. The van der Waals surface area contributed by atoms with Crippen LogP contribution >= 0.6 is 11.3 Å². The van der Waals surface area contributed by atoms with Crippen molar-refractivity contribution in [1.29, 1.82) is 0 Å². The number of nitrogens with zero attached hydrogens (tertiary/aromatic N) is 5. The summed E-state index contributed by atoms with van der Waals surface area (Å²) >= 11 is 1.47. The second-order valence-electron chi connectivity index (χ2n) is 6.07. The third-order valence-corrected chi connectivity index (χ3v) is 5.11. The van der Waals surface area contributed by atoms with Crippen molar-refractivity contribution in [3.63, 3.8) is 0 Å². The van der Waals surface area contributed by atoms with Gasteiger partial charge in [0.05, 0.1) is 16.8 Å². The van der Waals surface area contributed by atoms with Crippen LogP contribution in [0.4, 0.5) is 0 Å². The van der Waals surface area contributed by atoms with Crippen LogP contribution < -0.4 is 0 Å². The predicted octanol–water partition coefficient (Wildman–Crippen LogP) is 2.92. The second-order valence-corrected chi connectivity index (χ2v) is 7.02. The molecule has 1 atom stereocenters. The topological polar surface area (TPSA) is 85.0 Å². The minimum Gasteiger partial charge on any atom is -0.337 e. The molecule has 1 unspecified atom stereocenters. The SMILES string of the molecule is Cc1cnc(-c2nc(C3CCCN(C(=O)c4cccs4)C3)no2)cn1. The van der Waals surface area contributed by atoms with E-state index >= 15 is 0 Å². The Morgan fingerprint density at radius 1 is 1.36 bits per heavy atom. The Labute approximate surface area is 148 Å². The van der Waals surface area contributed by atoms with E-state index in [9.17, 15) is 4.79 Å². The summed E-state index contributed by atoms with van der Waals surface area (Å²) in [4.78, 5) is 28.1. The van der Waals surface area contributed by atoms with E-state index in [0.29, 0.717) is 24.0 Å². The quantitative estimate of drug-likeness (QED) is 0.718. The highest BCUT2D eigenvalue weighted by Crippen LogP contribution is 2.28. The Kier molecular flexibility index (Phi) is 4.27. The molecule has 1 aliphatic rings. The van der Waals surface area contributed by atoms with Crippen molar-refractivity contribution in [3.05, 3.63) is 46.3 Å². The first kappa shape index (κ1) is 15.9. The first-order valence-corrected chi connectivity index (χ1v) is 9.04. The normalized spacial score (nSPS) is 17.6. The smallest absolute Gasteiger partial charge is 0.278 e. The fourth-order valence-electron chi connectivity index (χ4n) is 2.94. The molecular formula is C17H17N5O2S. The van der Waals surface area contributed by atoms with Crippen molar-refractivity contribution in [2.75, 3.05) is 13.1 Å². The van der Waals surface area contributed by atoms with E-state index in [-0.39, 0.29) is 11.8 Å². The molecule has 1 saturated heterocycles. The Bertz CT molecular complexity index is 860. The number of carbonyl (C=O) groups is 1. The van der Waals surface area contributed by atoms with Crippen LogP contribution in [-0.2, 0) is 0 Å². The molecule has 4 rings (SSSR count). The van der Waals surface area contributed by atoms with Gasteiger partial charge in [0, 0.05) is 25.2 Å². The number of rotatable bonds is 3. The lowest BCUT2D eigenvalue weighted by molar-refractivity contribution is 0.0708. The third kappa shape index (κ3) is 3.30. The maximum absolute atomic E-state index is 12.6. The number of likely N-dealkylation sites (tertiary alicyclic amines) is 1. The molecule has 3 aromatic heterocycles. The number of aryl methyl sites for hydroxylation is 1. The zero-order valence-electron chi connectivity index (χ0n) is 13.8. The lowest BCUT2D eigenvalue weighted by atomic mass is 9.97. The maximum atomic E-state index is 12.6. The lowest BCUT2D eigenvalue weighted by Gasteiger charge is -2.30. The highest BCUT2D eigenvalue weighted by atomic mass is 32.1. The molecule has 128 valence electrons. The number of carbonyl (C=O) groups excluding carboxylic acids is 1. The number of hydrogen-bond donors (Lipinski definition) is 0. The Balaban J connectivity index is 1.50. The van der Waals surface area contributed by atoms with Crippen LogP contribution in [-0.4, -0.2) is 44.0 Å². The van der Waals surface area contributed by atoms with Gasteiger partial charge in [-0.05, 0) is 31.2 Å². The van der Waals surface area contributed by atoms with E-state index in [1.807, 2.05) is 29.3 Å². The molecule has 4 heterocycles. The van der Waals surface area contributed by atoms with Crippen LogP contribution in [0.15, 0.2) is 34.4 Å². The van der Waals surface area contributed by atoms with Crippen molar-refractivity contribution in [1.82, 2.24) is 25.0 Å². The summed E-state index contributed by atoms with van der Waals surface area (Å²) in [6, 6.07) is 3.76. The van der Waals surface area contributed by atoms with Crippen LogP contribution in [0, 0.1) is 6.92 Å². The molecule has 1 fully saturated rings. The molecule has 0 saturated carbocycles. The molecule has 1 amide bonds. The van der Waals surface area contributed by atoms with Gasteiger partial charge in [0.15, 0.2) is 5.82 Å². The van der Waals surface area contributed by atoms with Gasteiger partial charge in [0.2, 0.25) is 0 Å². The molecule has 0 spiro atoms. The maximum Gasteiger partial charge on any atom is 0.278 e. The fraction of sp³-hybridized carbons (Fsp3) is 0.353. The van der Waals surface area contributed by atoms with Crippen LogP contribution in [0.3, 0.4) is 0 Å². The van der Waals surface area contributed by atoms with Crippen molar-refractivity contribution in [3.8, 4) is 11.6 Å². The van der Waals surface area contributed by atoms with Crippen LogP contribution in [0.1, 0.15) is 39.9 Å². The first-order chi connectivity index (χ1) is 12.2. The molecule has 0 N–H and O–H groups in total. The van der Waals surface area contributed by atoms with E-state index in [1.165, 1.54) is 11.3 Å². The largest absolute Gasteiger partial charge is 0.337 e. The molecule has 7 nitrogen and oxygen atoms in total. The number of thiophene rings is 1. The van der Waals surface area contributed by atoms with E-state index in [0.717, 1.165) is 30.0 Å². The van der Waals surface area contributed by atoms with Gasteiger partial charge in [-0.25, -0.2) is 4.98 Å². The molecule has 1 aliphatic heterocycles. The summed E-state index contributed by atoms with van der Waals surface area (Å²) in [5.74, 6) is 1.15. The molecule has 0 aliphatic carbocycles. The van der Waals surface area contributed by atoms with Gasteiger partial charge in [-0.2, -0.15) is 4.98 Å². The van der Waals surface area contributed by atoms with Gasteiger partial charge in [-0.1, -0.05) is 11.2 Å². The van der Waals surface area contributed by atoms with E-state index in [2.05, 4.69) is 20.1 Å². The number of amides is 1. The van der Waals surface area contributed by atoms with Crippen LogP contribution in [0.25, 0.3) is 11.6 Å². The monoisotopic (exact) mass is 355 g/mol. The minimum atomic E-state index is 0.0767. The Morgan fingerprint density at radius 2 is 2.28 bits per heavy atom. The first-order valence-electron chi connectivity index (χ1n) is 8.16. The van der Waals surface area contributed by atoms with Gasteiger partial charge in [0.25, 0.3) is 11.8 Å². The second kappa shape index (κ2) is 6.72. The zero-order chi connectivity index (χ0) is 17.2. The number of piperidine rings is 1. The molecule has 25 heavy (non-hydrogen) atoms. The molecule has 3 aromatic rings. The summed E-state index contributed by atoms with van der Waals surface area (Å²) in [5, 5.41) is 6.03. The Morgan fingerprint density at radius 3 is 3.04 bits per heavy atom. The van der Waals surface area contributed by atoms with Crippen LogP contribution in [0.5, 0.6) is 0 Å². The Hall–Kier alpha value is -2.61. The molecule has 8 heteroatoms. The molecular weight excluding hydrogens is 338 g/mol. The minimum absolute atomic E-state index is 0.0767. The lowest BCUT2D eigenvalue weighted by Crippen LogP contribution is -2.39. The molecule has 0 radical (unpaired) electrons. The fourth-order valence-corrected chi connectivity index (χ4v) is 3.63. The average molecular weight is 355 g/mol. The van der Waals surface area contributed by atoms with Crippen molar-refractivity contribution in [2.45, 2.75) is 25.7 Å². The zero-order valence-corrected chi connectivity index (χ0v) is 14.6. The van der Waals surface area contributed by atoms with Crippen molar-refractivity contribution >= 4 is 17.2 Å². The van der Waals surface area contributed by atoms with Gasteiger partial charge in [0.1, 0.15) is 5.69 Å². The van der Waals surface area contributed by atoms with Crippen LogP contribution in [0.2, 0.25) is 0 Å². The van der Waals surface area contributed by atoms with Gasteiger partial charge in [-0.3, -0.25) is 9.78 Å². The summed E-state index contributed by atoms with van der Waals surface area (Å²) in [6.45, 7) is 3.24. The predicted molar refractivity (Wildman–Crippen MR) is 92.3 cm³/mol. The molecule has 0 aromatic carbocycles. The van der Waals surface area contributed by atoms with Crippen molar-refractivity contribution in [2.24, 2.45) is 0 Å². The average Bonchev–Trinajstić information content (AvgIpc) is 3.34. The van der Waals surface area contributed by atoms with Gasteiger partial charge >= 0.3 is 0 Å². The van der Waals surface area contributed by atoms with E-state index in [1.54, 1.807) is 12.4 Å². The summed E-state index contributed by atoms with van der Waals surface area (Å²) in [7, 11) is 0. The summed E-state index contributed by atoms with van der Waals surface area (Å²) in [5.41, 5.74) is 1.39. The number of aromatic nitrogens is 4. The van der Waals surface area contributed by atoms with Gasteiger partial charge in [-0.15, -0.1) is 11.3 Å². The summed E-state index contributed by atoms with van der Waals surface area (Å²) in [6.07, 6.45) is 5.16. The third-order valence-electron chi connectivity index (χ3n) is 4.25. The number of hydrogen-bond acceptors (Lipinski definition) is 7. The van der Waals surface area contributed by atoms with Crippen molar-refractivity contribution < 1.29 is 9.32 Å². The highest BCUT2D eigenvalue weighted by molar-refractivity contribution is 7.12. The molecule has 0 bridgehead atoms. The summed E-state index contributed by atoms with van der Waals surface area (Å²) < 4.78 is 5.35.